The van der Waals surface area contributed by atoms with Gasteiger partial charge in [-0.05, 0) is 31.1 Å². The van der Waals surface area contributed by atoms with Crippen molar-refractivity contribution < 1.29 is 0 Å². The van der Waals surface area contributed by atoms with Gasteiger partial charge in [0.25, 0.3) is 0 Å². The lowest BCUT2D eigenvalue weighted by atomic mass is 9.70. The summed E-state index contributed by atoms with van der Waals surface area (Å²) >= 11 is 0. The van der Waals surface area contributed by atoms with E-state index in [9.17, 15) is 0 Å². The van der Waals surface area contributed by atoms with E-state index in [-0.39, 0.29) is 0 Å². The van der Waals surface area contributed by atoms with Crippen molar-refractivity contribution in [1.82, 2.24) is 0 Å². The van der Waals surface area contributed by atoms with Crippen molar-refractivity contribution in [3.05, 3.63) is 30.2 Å². The third kappa shape index (κ3) is 0.828. The first-order valence-corrected chi connectivity index (χ1v) is 3.97. The highest BCUT2D eigenvalue weighted by molar-refractivity contribution is 5.29. The standard InChI is InChI=1S/C10H12/c1-8-6-7-10(8)9-4-2-3-5-9/h2-4,8,10H,5-6H2,1H3. The Labute approximate surface area is 62.6 Å². The quantitative estimate of drug-likeness (QED) is 0.514. The maximum Gasteiger partial charge on any atom is -0.00902 e. The lowest BCUT2D eigenvalue weighted by molar-refractivity contribution is 0.333. The zero-order valence-electron chi connectivity index (χ0n) is 6.30. The molecular formula is C10H12. The fourth-order valence-electron chi connectivity index (χ4n) is 1.66. The predicted molar refractivity (Wildman–Crippen MR) is 42.4 cm³/mol. The van der Waals surface area contributed by atoms with Crippen LogP contribution in [0.15, 0.2) is 23.8 Å². The average Bonchev–Trinajstić information content (AvgIpc) is 2.37. The maximum absolute atomic E-state index is 3.43. The zero-order valence-corrected chi connectivity index (χ0v) is 6.30. The molecule has 2 rings (SSSR count). The third-order valence-electron chi connectivity index (χ3n) is 2.43. The number of hydrogen-bond donors (Lipinski definition) is 0. The molecule has 0 amide bonds. The van der Waals surface area contributed by atoms with Crippen LogP contribution in [0.4, 0.5) is 0 Å². The molecule has 2 aliphatic rings. The molecule has 0 heteroatoms. The molecule has 0 aromatic carbocycles. The summed E-state index contributed by atoms with van der Waals surface area (Å²) in [7, 11) is 0. The first-order valence-electron chi connectivity index (χ1n) is 3.97. The summed E-state index contributed by atoms with van der Waals surface area (Å²) in [6.45, 7) is 2.31. The van der Waals surface area contributed by atoms with Gasteiger partial charge in [-0.1, -0.05) is 30.7 Å². The predicted octanol–water partition coefficient (Wildman–Crippen LogP) is 2.61. The first kappa shape index (κ1) is 6.21. The highest BCUT2D eigenvalue weighted by Gasteiger charge is 2.30. The molecule has 0 nitrogen and oxygen atoms in total. The van der Waals surface area contributed by atoms with Gasteiger partial charge in [0.15, 0.2) is 0 Å². The molecule has 1 saturated carbocycles. The molecule has 0 heterocycles. The van der Waals surface area contributed by atoms with Crippen molar-refractivity contribution in [2.75, 3.05) is 0 Å². The van der Waals surface area contributed by atoms with Crippen molar-refractivity contribution >= 4 is 0 Å². The molecule has 2 radical (unpaired) electrons. The molecule has 52 valence electrons. The molecule has 0 aromatic heterocycles. The SMILES string of the molecule is CC1C[C]C1C1=CC=CC1. The zero-order chi connectivity index (χ0) is 6.97. The molecule has 0 saturated heterocycles. The maximum atomic E-state index is 3.43. The summed E-state index contributed by atoms with van der Waals surface area (Å²) in [5.74, 6) is 1.54. The van der Waals surface area contributed by atoms with Gasteiger partial charge in [0, 0.05) is 0 Å². The Bertz CT molecular complexity index is 186. The fraction of sp³-hybridized carbons (Fsp3) is 0.500. The second kappa shape index (κ2) is 2.26. The molecule has 0 aliphatic heterocycles. The molecule has 2 unspecified atom stereocenters. The molecule has 2 aliphatic carbocycles. The second-order valence-corrected chi connectivity index (χ2v) is 3.24. The average molecular weight is 132 g/mol. The van der Waals surface area contributed by atoms with Gasteiger partial charge < -0.3 is 0 Å². The lowest BCUT2D eigenvalue weighted by Gasteiger charge is -2.34. The Balaban J connectivity index is 2.00. The van der Waals surface area contributed by atoms with Crippen LogP contribution in [-0.4, -0.2) is 0 Å². The van der Waals surface area contributed by atoms with Gasteiger partial charge in [0.1, 0.15) is 0 Å². The van der Waals surface area contributed by atoms with Crippen molar-refractivity contribution in [1.29, 1.82) is 0 Å². The van der Waals surface area contributed by atoms with Gasteiger partial charge >= 0.3 is 0 Å². The van der Waals surface area contributed by atoms with E-state index in [1.807, 2.05) is 0 Å². The van der Waals surface area contributed by atoms with Crippen LogP contribution in [0.3, 0.4) is 0 Å². The summed E-state index contributed by atoms with van der Waals surface area (Å²) in [6.07, 6.45) is 12.4. The monoisotopic (exact) mass is 132 g/mol. The number of hydrogen-bond acceptors (Lipinski definition) is 0. The molecule has 0 bridgehead atoms. The van der Waals surface area contributed by atoms with Crippen LogP contribution >= 0.6 is 0 Å². The van der Waals surface area contributed by atoms with E-state index in [2.05, 4.69) is 31.6 Å². The van der Waals surface area contributed by atoms with Crippen molar-refractivity contribution in [2.45, 2.75) is 19.8 Å². The largest absolute Gasteiger partial charge is 0.0805 e. The van der Waals surface area contributed by atoms with Crippen LogP contribution < -0.4 is 0 Å². The van der Waals surface area contributed by atoms with Gasteiger partial charge in [0.2, 0.25) is 0 Å². The molecular weight excluding hydrogens is 120 g/mol. The van der Waals surface area contributed by atoms with Crippen LogP contribution in [0.5, 0.6) is 0 Å². The summed E-state index contributed by atoms with van der Waals surface area (Å²) in [5.41, 5.74) is 1.57. The first-order chi connectivity index (χ1) is 4.88. The Hall–Kier alpha value is -0.520. The van der Waals surface area contributed by atoms with E-state index in [4.69, 9.17) is 0 Å². The van der Waals surface area contributed by atoms with Gasteiger partial charge in [-0.3, -0.25) is 0 Å². The molecule has 0 spiro atoms. The molecule has 10 heavy (non-hydrogen) atoms. The highest BCUT2D eigenvalue weighted by atomic mass is 14.3. The van der Waals surface area contributed by atoms with Crippen molar-refractivity contribution in [3.63, 3.8) is 0 Å². The second-order valence-electron chi connectivity index (χ2n) is 3.24. The summed E-state index contributed by atoms with van der Waals surface area (Å²) in [5, 5.41) is 0. The lowest BCUT2D eigenvalue weighted by Crippen LogP contribution is -2.25. The van der Waals surface area contributed by atoms with E-state index in [1.165, 1.54) is 12.8 Å². The van der Waals surface area contributed by atoms with Crippen LogP contribution in [0.25, 0.3) is 0 Å². The van der Waals surface area contributed by atoms with E-state index >= 15 is 0 Å². The van der Waals surface area contributed by atoms with Crippen LogP contribution in [-0.2, 0) is 0 Å². The normalized spacial score (nSPS) is 37.5. The van der Waals surface area contributed by atoms with E-state index in [0.29, 0.717) is 5.92 Å². The summed E-state index contributed by atoms with van der Waals surface area (Å²) in [6, 6.07) is 0. The van der Waals surface area contributed by atoms with Crippen molar-refractivity contribution in [2.24, 2.45) is 11.8 Å². The van der Waals surface area contributed by atoms with E-state index in [1.54, 1.807) is 5.57 Å². The van der Waals surface area contributed by atoms with Gasteiger partial charge in [-0.2, -0.15) is 0 Å². The topological polar surface area (TPSA) is 0 Å². The smallest absolute Gasteiger partial charge is 0.00902 e. The van der Waals surface area contributed by atoms with Gasteiger partial charge in [-0.15, -0.1) is 0 Å². The number of allylic oxidation sites excluding steroid dienone is 4. The minimum atomic E-state index is 0.690. The number of rotatable bonds is 1. The molecule has 1 fully saturated rings. The van der Waals surface area contributed by atoms with Gasteiger partial charge in [0.05, 0.1) is 0 Å². The Morgan fingerprint density at radius 2 is 2.50 bits per heavy atom. The Kier molecular flexibility index (Phi) is 1.40. The third-order valence-corrected chi connectivity index (χ3v) is 2.43. The molecule has 0 aromatic rings. The van der Waals surface area contributed by atoms with Gasteiger partial charge in [-0.25, -0.2) is 0 Å². The Morgan fingerprint density at radius 3 is 2.90 bits per heavy atom. The van der Waals surface area contributed by atoms with Crippen molar-refractivity contribution in [3.8, 4) is 0 Å². The van der Waals surface area contributed by atoms with Crippen LogP contribution in [0.2, 0.25) is 0 Å². The molecule has 0 N–H and O–H groups in total. The summed E-state index contributed by atoms with van der Waals surface area (Å²) < 4.78 is 0. The minimum Gasteiger partial charge on any atom is -0.0805 e. The van der Waals surface area contributed by atoms with E-state index in [0.717, 1.165) is 5.92 Å². The van der Waals surface area contributed by atoms with E-state index < -0.39 is 0 Å². The Morgan fingerprint density at radius 1 is 1.60 bits per heavy atom. The fourth-order valence-corrected chi connectivity index (χ4v) is 1.66. The van der Waals surface area contributed by atoms with Crippen LogP contribution in [0, 0.1) is 18.3 Å². The summed E-state index contributed by atoms with van der Waals surface area (Å²) in [4.78, 5) is 0. The van der Waals surface area contributed by atoms with Crippen LogP contribution in [0.1, 0.15) is 19.8 Å². The highest BCUT2D eigenvalue weighted by Crippen LogP contribution is 2.40. The minimum absolute atomic E-state index is 0.690. The molecule has 2 atom stereocenters.